The van der Waals surface area contributed by atoms with Crippen molar-refractivity contribution in [2.24, 2.45) is 23.7 Å². The van der Waals surface area contributed by atoms with Crippen LogP contribution < -0.4 is 5.32 Å². The molecule has 156 valence electrons. The van der Waals surface area contributed by atoms with Gasteiger partial charge >= 0.3 is 0 Å². The van der Waals surface area contributed by atoms with Gasteiger partial charge in [0, 0.05) is 56.6 Å². The van der Waals surface area contributed by atoms with Crippen LogP contribution in [0.25, 0.3) is 0 Å². The van der Waals surface area contributed by atoms with Crippen molar-refractivity contribution in [1.29, 1.82) is 0 Å². The predicted octanol–water partition coefficient (Wildman–Crippen LogP) is -0.475. The first kappa shape index (κ1) is 19.9. The summed E-state index contributed by atoms with van der Waals surface area (Å²) in [5.41, 5.74) is 1.10. The molecule has 9 nitrogen and oxygen atoms in total. The fraction of sp³-hybridized carbons (Fsp3) is 0.600. The molecule has 0 radical (unpaired) electrons. The van der Waals surface area contributed by atoms with Crippen LogP contribution in [0, 0.1) is 23.7 Å². The largest absolute Gasteiger partial charge is 0.390 e. The lowest BCUT2D eigenvalue weighted by Crippen LogP contribution is -2.55. The molecule has 1 saturated heterocycles. The highest BCUT2D eigenvalue weighted by Crippen LogP contribution is 2.43. The molecule has 0 bridgehead atoms. The van der Waals surface area contributed by atoms with E-state index in [4.69, 9.17) is 0 Å². The minimum Gasteiger partial charge on any atom is -0.390 e. The summed E-state index contributed by atoms with van der Waals surface area (Å²) in [7, 11) is 0. The summed E-state index contributed by atoms with van der Waals surface area (Å²) in [4.78, 5) is 19.4. The molecule has 1 aliphatic carbocycles. The molecule has 1 amide bonds. The number of carbonyl (C=O) groups is 1. The van der Waals surface area contributed by atoms with Gasteiger partial charge in [0.15, 0.2) is 0 Å². The highest BCUT2D eigenvalue weighted by molar-refractivity contribution is 5.79. The van der Waals surface area contributed by atoms with Gasteiger partial charge in [0.25, 0.3) is 0 Å². The maximum atomic E-state index is 13.0. The number of hydrogen-bond donors (Lipinski definition) is 3. The Morgan fingerprint density at radius 1 is 1.24 bits per heavy atom. The van der Waals surface area contributed by atoms with E-state index in [2.05, 4.69) is 25.5 Å². The molecular formula is C20H28N6O3. The van der Waals surface area contributed by atoms with Crippen LogP contribution in [0.2, 0.25) is 0 Å². The third kappa shape index (κ3) is 4.17. The van der Waals surface area contributed by atoms with E-state index in [1.807, 2.05) is 25.3 Å². The zero-order valence-corrected chi connectivity index (χ0v) is 16.5. The SMILES string of the molecule is C[C@H]1[C@H](O)[C@@H](O)[C@H]2CN(Cc3cccnc3)C[C@@H]2[C@H]1C(=O)NCCn1ccnn1. The smallest absolute Gasteiger partial charge is 0.223 e. The van der Waals surface area contributed by atoms with Gasteiger partial charge in [0.2, 0.25) is 5.91 Å². The van der Waals surface area contributed by atoms with E-state index in [-0.39, 0.29) is 29.6 Å². The predicted molar refractivity (Wildman–Crippen MR) is 104 cm³/mol. The molecule has 2 aliphatic rings. The van der Waals surface area contributed by atoms with E-state index in [0.717, 1.165) is 18.7 Å². The molecule has 2 fully saturated rings. The standard InChI is InChI=1S/C20H28N6O3/c1-13-17(20(29)22-5-7-26-8-6-23-24-26)15-11-25(10-14-3-2-4-21-9-14)12-16(15)19(28)18(13)27/h2-4,6,8-9,13,15-19,27-28H,5,7,10-12H2,1H3,(H,22,29)/t13-,15+,16+,17+,18+,19+/m1/s1. The van der Waals surface area contributed by atoms with E-state index >= 15 is 0 Å². The summed E-state index contributed by atoms with van der Waals surface area (Å²) in [6, 6.07) is 3.93. The number of nitrogens with zero attached hydrogens (tertiary/aromatic N) is 5. The van der Waals surface area contributed by atoms with E-state index in [1.165, 1.54) is 0 Å². The van der Waals surface area contributed by atoms with Gasteiger partial charge in [-0.3, -0.25) is 19.4 Å². The fourth-order valence-corrected chi connectivity index (χ4v) is 4.93. The second-order valence-electron chi connectivity index (χ2n) is 8.21. The number of amides is 1. The van der Waals surface area contributed by atoms with Crippen LogP contribution in [-0.4, -0.2) is 72.8 Å². The lowest BCUT2D eigenvalue weighted by Gasteiger charge is -2.43. The maximum Gasteiger partial charge on any atom is 0.223 e. The average Bonchev–Trinajstić information content (AvgIpc) is 3.37. The Balaban J connectivity index is 1.43. The van der Waals surface area contributed by atoms with Crippen molar-refractivity contribution >= 4 is 5.91 Å². The highest BCUT2D eigenvalue weighted by atomic mass is 16.3. The Morgan fingerprint density at radius 3 is 2.79 bits per heavy atom. The summed E-state index contributed by atoms with van der Waals surface area (Å²) >= 11 is 0. The molecule has 9 heteroatoms. The summed E-state index contributed by atoms with van der Waals surface area (Å²) in [5.74, 6) is -0.832. The number of nitrogens with one attached hydrogen (secondary N) is 1. The van der Waals surface area contributed by atoms with Crippen LogP contribution in [0.5, 0.6) is 0 Å². The van der Waals surface area contributed by atoms with Crippen molar-refractivity contribution in [3.63, 3.8) is 0 Å². The van der Waals surface area contributed by atoms with E-state index < -0.39 is 12.2 Å². The van der Waals surface area contributed by atoms with Crippen molar-refractivity contribution in [3.8, 4) is 0 Å². The number of pyridine rings is 1. The number of fused-ring (bicyclic) bond motifs is 1. The summed E-state index contributed by atoms with van der Waals surface area (Å²) in [6.07, 6.45) is 5.22. The van der Waals surface area contributed by atoms with Gasteiger partial charge in [-0.1, -0.05) is 18.2 Å². The Bertz CT molecular complexity index is 802. The molecule has 6 atom stereocenters. The summed E-state index contributed by atoms with van der Waals surface area (Å²) in [6.45, 7) is 4.94. The zero-order valence-electron chi connectivity index (χ0n) is 16.5. The molecule has 3 heterocycles. The molecule has 3 N–H and O–H groups in total. The number of likely N-dealkylation sites (tertiary alicyclic amines) is 1. The zero-order chi connectivity index (χ0) is 20.4. The number of hydrogen-bond acceptors (Lipinski definition) is 7. The number of carbonyl (C=O) groups excluding carboxylic acids is 1. The van der Waals surface area contributed by atoms with Crippen LogP contribution in [0.4, 0.5) is 0 Å². The fourth-order valence-electron chi connectivity index (χ4n) is 4.93. The van der Waals surface area contributed by atoms with Crippen molar-refractivity contribution in [2.45, 2.75) is 32.2 Å². The third-order valence-electron chi connectivity index (χ3n) is 6.39. The van der Waals surface area contributed by atoms with Crippen molar-refractivity contribution in [1.82, 2.24) is 30.2 Å². The molecule has 1 saturated carbocycles. The first-order valence-corrected chi connectivity index (χ1v) is 10.1. The molecule has 4 rings (SSSR count). The molecule has 0 aromatic carbocycles. The van der Waals surface area contributed by atoms with Crippen molar-refractivity contribution in [2.75, 3.05) is 19.6 Å². The van der Waals surface area contributed by atoms with Gasteiger partial charge in [-0.15, -0.1) is 5.10 Å². The average molecular weight is 400 g/mol. The number of aliphatic hydroxyl groups is 2. The maximum absolute atomic E-state index is 13.0. The molecular weight excluding hydrogens is 372 g/mol. The Hall–Kier alpha value is -2.36. The van der Waals surface area contributed by atoms with Gasteiger partial charge in [0.1, 0.15) is 0 Å². The molecule has 29 heavy (non-hydrogen) atoms. The topological polar surface area (TPSA) is 116 Å². The number of aromatic nitrogens is 4. The second-order valence-corrected chi connectivity index (χ2v) is 8.21. The van der Waals surface area contributed by atoms with Gasteiger partial charge < -0.3 is 15.5 Å². The second kappa shape index (κ2) is 8.56. The molecule has 0 unspecified atom stereocenters. The Morgan fingerprint density at radius 2 is 2.07 bits per heavy atom. The van der Waals surface area contributed by atoms with Gasteiger partial charge in [-0.2, -0.15) is 0 Å². The minimum absolute atomic E-state index is 0.00596. The normalized spacial score (nSPS) is 32.1. The minimum atomic E-state index is -0.902. The van der Waals surface area contributed by atoms with Crippen LogP contribution in [-0.2, 0) is 17.9 Å². The molecule has 2 aromatic rings. The third-order valence-corrected chi connectivity index (χ3v) is 6.39. The number of aliphatic hydroxyl groups excluding tert-OH is 2. The molecule has 1 aliphatic heterocycles. The van der Waals surface area contributed by atoms with Crippen LogP contribution in [0.1, 0.15) is 12.5 Å². The quantitative estimate of drug-likeness (QED) is 0.600. The Kier molecular flexibility index (Phi) is 5.89. The van der Waals surface area contributed by atoms with Crippen LogP contribution in [0.15, 0.2) is 36.9 Å². The van der Waals surface area contributed by atoms with Gasteiger partial charge in [-0.05, 0) is 23.5 Å². The van der Waals surface area contributed by atoms with E-state index in [9.17, 15) is 15.0 Å². The lowest BCUT2D eigenvalue weighted by atomic mass is 9.65. The molecule has 0 spiro atoms. The van der Waals surface area contributed by atoms with E-state index in [0.29, 0.717) is 19.6 Å². The number of rotatable bonds is 6. The van der Waals surface area contributed by atoms with Gasteiger partial charge in [0.05, 0.1) is 24.9 Å². The first-order valence-electron chi connectivity index (χ1n) is 10.1. The van der Waals surface area contributed by atoms with Gasteiger partial charge in [-0.25, -0.2) is 0 Å². The van der Waals surface area contributed by atoms with Crippen LogP contribution in [0.3, 0.4) is 0 Å². The summed E-state index contributed by atoms with van der Waals surface area (Å²) in [5, 5.41) is 31.9. The highest BCUT2D eigenvalue weighted by Gasteiger charge is 2.53. The molecule has 2 aromatic heterocycles. The lowest BCUT2D eigenvalue weighted by molar-refractivity contribution is -0.145. The van der Waals surface area contributed by atoms with Crippen LogP contribution >= 0.6 is 0 Å². The van der Waals surface area contributed by atoms with Crippen molar-refractivity contribution < 1.29 is 15.0 Å². The first-order chi connectivity index (χ1) is 14.0. The van der Waals surface area contributed by atoms with Crippen molar-refractivity contribution in [3.05, 3.63) is 42.5 Å². The monoisotopic (exact) mass is 400 g/mol. The van der Waals surface area contributed by atoms with E-state index in [1.54, 1.807) is 23.3 Å². The summed E-state index contributed by atoms with van der Waals surface area (Å²) < 4.78 is 1.66. The Labute approximate surface area is 169 Å².